The predicted octanol–water partition coefficient (Wildman–Crippen LogP) is 3.63. The number of benzene rings is 1. The Morgan fingerprint density at radius 3 is 2.60 bits per heavy atom. The topological polar surface area (TPSA) is 18.5 Å². The van der Waals surface area contributed by atoms with Crippen LogP contribution in [0.15, 0.2) is 22.7 Å². The Morgan fingerprint density at radius 1 is 1.33 bits per heavy atom. The van der Waals surface area contributed by atoms with Gasteiger partial charge in [0.1, 0.15) is 5.75 Å². The highest BCUT2D eigenvalue weighted by Crippen LogP contribution is 2.26. The lowest BCUT2D eigenvalue weighted by molar-refractivity contribution is 0.0506. The Kier molecular flexibility index (Phi) is 5.12. The normalized spacial score (nSPS) is 10.7. The summed E-state index contributed by atoms with van der Waals surface area (Å²) in [6, 6.07) is 6.17. The van der Waals surface area contributed by atoms with Gasteiger partial charge >= 0.3 is 0 Å². The van der Waals surface area contributed by atoms with Crippen LogP contribution in [0.3, 0.4) is 0 Å². The molecular formula is C12H17BrO2. The number of halogens is 1. The molecule has 0 bridgehead atoms. The van der Waals surface area contributed by atoms with Crippen LogP contribution in [-0.4, -0.2) is 13.9 Å². The van der Waals surface area contributed by atoms with Crippen LogP contribution >= 0.6 is 15.9 Å². The summed E-state index contributed by atoms with van der Waals surface area (Å²) >= 11 is 3.49. The lowest BCUT2D eigenvalue weighted by Crippen LogP contribution is -2.00. The molecule has 0 atom stereocenters. The fourth-order valence-corrected chi connectivity index (χ4v) is 1.92. The summed E-state index contributed by atoms with van der Waals surface area (Å²) in [5.74, 6) is 1.49. The van der Waals surface area contributed by atoms with E-state index < -0.39 is 0 Å². The fraction of sp³-hybridized carbons (Fsp3) is 0.500. The molecule has 0 aromatic heterocycles. The Bertz CT molecular complexity index is 310. The van der Waals surface area contributed by atoms with Crippen molar-refractivity contribution in [2.24, 2.45) is 5.92 Å². The van der Waals surface area contributed by atoms with Crippen molar-refractivity contribution in [2.45, 2.75) is 20.3 Å². The van der Waals surface area contributed by atoms with Crippen LogP contribution < -0.4 is 4.74 Å². The SMILES string of the molecule is COCOc1ccc(CC(C)C)cc1Br. The molecule has 15 heavy (non-hydrogen) atoms. The average Bonchev–Trinajstić information content (AvgIpc) is 2.15. The first kappa shape index (κ1) is 12.5. The Labute approximate surface area is 99.7 Å². The van der Waals surface area contributed by atoms with Gasteiger partial charge in [-0.25, -0.2) is 0 Å². The first-order chi connectivity index (χ1) is 7.13. The second kappa shape index (κ2) is 6.13. The van der Waals surface area contributed by atoms with Crippen molar-refractivity contribution in [3.63, 3.8) is 0 Å². The fourth-order valence-electron chi connectivity index (χ4n) is 1.38. The van der Waals surface area contributed by atoms with Gasteiger partial charge in [-0.15, -0.1) is 0 Å². The third-order valence-corrected chi connectivity index (χ3v) is 2.59. The third kappa shape index (κ3) is 4.22. The van der Waals surface area contributed by atoms with Gasteiger partial charge in [0.05, 0.1) is 4.47 Å². The molecular weight excluding hydrogens is 256 g/mol. The van der Waals surface area contributed by atoms with E-state index in [2.05, 4.69) is 41.9 Å². The van der Waals surface area contributed by atoms with E-state index in [-0.39, 0.29) is 6.79 Å². The van der Waals surface area contributed by atoms with Gasteiger partial charge in [0.25, 0.3) is 0 Å². The summed E-state index contributed by atoms with van der Waals surface area (Å²) in [5.41, 5.74) is 1.32. The summed E-state index contributed by atoms with van der Waals surface area (Å²) < 4.78 is 11.2. The Morgan fingerprint density at radius 2 is 2.07 bits per heavy atom. The van der Waals surface area contributed by atoms with Gasteiger partial charge in [-0.1, -0.05) is 19.9 Å². The van der Waals surface area contributed by atoms with Gasteiger partial charge in [0.2, 0.25) is 0 Å². The second-order valence-electron chi connectivity index (χ2n) is 3.91. The number of hydrogen-bond acceptors (Lipinski definition) is 2. The zero-order valence-corrected chi connectivity index (χ0v) is 11.0. The van der Waals surface area contributed by atoms with Crippen LogP contribution in [0.2, 0.25) is 0 Å². The minimum Gasteiger partial charge on any atom is -0.466 e. The van der Waals surface area contributed by atoms with Crippen LogP contribution in [0.1, 0.15) is 19.4 Å². The smallest absolute Gasteiger partial charge is 0.188 e. The van der Waals surface area contributed by atoms with Crippen molar-refractivity contribution < 1.29 is 9.47 Å². The molecule has 0 heterocycles. The molecule has 0 aliphatic heterocycles. The molecule has 1 aromatic rings. The van der Waals surface area contributed by atoms with Crippen LogP contribution in [0.5, 0.6) is 5.75 Å². The number of ether oxygens (including phenoxy) is 2. The summed E-state index contributed by atoms with van der Waals surface area (Å²) in [6.07, 6.45) is 1.09. The molecule has 0 aliphatic rings. The third-order valence-electron chi connectivity index (χ3n) is 1.97. The molecule has 2 nitrogen and oxygen atoms in total. The number of methoxy groups -OCH3 is 1. The van der Waals surface area contributed by atoms with Crippen molar-refractivity contribution >= 4 is 15.9 Å². The highest BCUT2D eigenvalue weighted by atomic mass is 79.9. The molecule has 0 N–H and O–H groups in total. The standard InChI is InChI=1S/C12H17BrO2/c1-9(2)6-10-4-5-12(11(13)7-10)15-8-14-3/h4-5,7,9H,6,8H2,1-3H3. The van der Waals surface area contributed by atoms with Crippen molar-refractivity contribution in [1.82, 2.24) is 0 Å². The van der Waals surface area contributed by atoms with Crippen molar-refractivity contribution in [3.8, 4) is 5.75 Å². The molecule has 84 valence electrons. The highest BCUT2D eigenvalue weighted by molar-refractivity contribution is 9.10. The van der Waals surface area contributed by atoms with E-state index in [9.17, 15) is 0 Å². The first-order valence-electron chi connectivity index (χ1n) is 5.03. The molecule has 0 spiro atoms. The van der Waals surface area contributed by atoms with E-state index in [1.165, 1.54) is 5.56 Å². The van der Waals surface area contributed by atoms with Crippen molar-refractivity contribution in [3.05, 3.63) is 28.2 Å². The number of hydrogen-bond donors (Lipinski definition) is 0. The van der Waals surface area contributed by atoms with Gasteiger partial charge in [-0.3, -0.25) is 0 Å². The van der Waals surface area contributed by atoms with Crippen molar-refractivity contribution in [2.75, 3.05) is 13.9 Å². The summed E-state index contributed by atoms with van der Waals surface area (Å²) in [4.78, 5) is 0. The van der Waals surface area contributed by atoms with Crippen LogP contribution in [0, 0.1) is 5.92 Å². The van der Waals surface area contributed by atoms with Crippen LogP contribution in [0.4, 0.5) is 0 Å². The van der Waals surface area contributed by atoms with Gasteiger partial charge in [0.15, 0.2) is 6.79 Å². The molecule has 0 saturated heterocycles. The Balaban J connectivity index is 2.69. The minimum atomic E-state index is 0.280. The van der Waals surface area contributed by atoms with Crippen LogP contribution in [0.25, 0.3) is 0 Å². The van der Waals surface area contributed by atoms with Crippen LogP contribution in [-0.2, 0) is 11.2 Å². The average molecular weight is 273 g/mol. The molecule has 3 heteroatoms. The molecule has 0 radical (unpaired) electrons. The van der Waals surface area contributed by atoms with E-state index in [0.29, 0.717) is 5.92 Å². The molecule has 1 aromatic carbocycles. The minimum absolute atomic E-state index is 0.280. The van der Waals surface area contributed by atoms with E-state index in [1.807, 2.05) is 6.07 Å². The molecule has 0 aliphatic carbocycles. The number of rotatable bonds is 5. The lowest BCUT2D eigenvalue weighted by Gasteiger charge is -2.10. The monoisotopic (exact) mass is 272 g/mol. The van der Waals surface area contributed by atoms with E-state index >= 15 is 0 Å². The van der Waals surface area contributed by atoms with E-state index in [0.717, 1.165) is 16.6 Å². The van der Waals surface area contributed by atoms with Gasteiger partial charge in [-0.05, 0) is 46.0 Å². The lowest BCUT2D eigenvalue weighted by atomic mass is 10.0. The maximum Gasteiger partial charge on any atom is 0.188 e. The first-order valence-corrected chi connectivity index (χ1v) is 5.83. The quantitative estimate of drug-likeness (QED) is 0.763. The Hall–Kier alpha value is -0.540. The maximum atomic E-state index is 5.38. The largest absolute Gasteiger partial charge is 0.466 e. The maximum absolute atomic E-state index is 5.38. The zero-order valence-electron chi connectivity index (χ0n) is 9.42. The predicted molar refractivity (Wildman–Crippen MR) is 65.2 cm³/mol. The molecule has 0 saturated carbocycles. The van der Waals surface area contributed by atoms with Gasteiger partial charge in [-0.2, -0.15) is 0 Å². The summed E-state index contributed by atoms with van der Waals surface area (Å²) in [5, 5.41) is 0. The summed E-state index contributed by atoms with van der Waals surface area (Å²) in [6.45, 7) is 4.70. The van der Waals surface area contributed by atoms with Crippen molar-refractivity contribution in [1.29, 1.82) is 0 Å². The zero-order chi connectivity index (χ0) is 11.3. The summed E-state index contributed by atoms with van der Waals surface area (Å²) in [7, 11) is 1.61. The molecule has 1 rings (SSSR count). The highest BCUT2D eigenvalue weighted by Gasteiger charge is 2.04. The van der Waals surface area contributed by atoms with E-state index in [4.69, 9.17) is 9.47 Å². The molecule has 0 unspecified atom stereocenters. The molecule has 0 fully saturated rings. The molecule has 0 amide bonds. The van der Waals surface area contributed by atoms with Gasteiger partial charge < -0.3 is 9.47 Å². The second-order valence-corrected chi connectivity index (χ2v) is 4.77. The van der Waals surface area contributed by atoms with E-state index in [1.54, 1.807) is 7.11 Å². The van der Waals surface area contributed by atoms with Gasteiger partial charge in [0, 0.05) is 7.11 Å².